The van der Waals surface area contributed by atoms with Gasteiger partial charge in [-0.05, 0) is 42.8 Å². The van der Waals surface area contributed by atoms with Crippen molar-refractivity contribution >= 4 is 51.9 Å². The molecule has 1 atom stereocenters. The van der Waals surface area contributed by atoms with Crippen LogP contribution in [0.3, 0.4) is 0 Å². The number of thiocarbonyl (C=S) groups is 1. The second kappa shape index (κ2) is 8.45. The van der Waals surface area contributed by atoms with Crippen LogP contribution in [0.1, 0.15) is 12.5 Å². The fourth-order valence-electron chi connectivity index (χ4n) is 2.53. The van der Waals surface area contributed by atoms with Gasteiger partial charge in [0.2, 0.25) is 0 Å². The number of hydrogen-bond acceptors (Lipinski definition) is 6. The molecule has 0 aromatic heterocycles. The predicted octanol–water partition coefficient (Wildman–Crippen LogP) is 3.95. The lowest BCUT2D eigenvalue weighted by Crippen LogP contribution is -2.27. The van der Waals surface area contributed by atoms with Gasteiger partial charge in [-0.1, -0.05) is 48.2 Å². The van der Waals surface area contributed by atoms with Crippen molar-refractivity contribution < 1.29 is 24.2 Å². The SMILES string of the molecule is COc1cc(/C=C2\SC(=S)N(c3ccccc3)C2=O)ccc1OC(C)C(=O)O. The number of hydrogen-bond donors (Lipinski definition) is 1. The highest BCUT2D eigenvalue weighted by molar-refractivity contribution is 8.27. The quantitative estimate of drug-likeness (QED) is 0.565. The van der Waals surface area contributed by atoms with E-state index in [1.54, 1.807) is 24.3 Å². The molecule has 0 saturated carbocycles. The molecule has 0 bridgehead atoms. The van der Waals surface area contributed by atoms with Gasteiger partial charge in [0.05, 0.1) is 17.7 Å². The molecule has 1 aliphatic rings. The minimum absolute atomic E-state index is 0.194. The Labute approximate surface area is 171 Å². The summed E-state index contributed by atoms with van der Waals surface area (Å²) < 4.78 is 11.1. The van der Waals surface area contributed by atoms with Crippen molar-refractivity contribution in [3.63, 3.8) is 0 Å². The number of carboxylic acid groups (broad SMARTS) is 1. The Balaban J connectivity index is 1.86. The van der Waals surface area contributed by atoms with Crippen LogP contribution in [-0.4, -0.2) is 34.5 Å². The molecule has 2 aromatic rings. The second-order valence-corrected chi connectivity index (χ2v) is 7.54. The Morgan fingerprint density at radius 2 is 1.93 bits per heavy atom. The summed E-state index contributed by atoms with van der Waals surface area (Å²) in [5.41, 5.74) is 1.43. The Morgan fingerprint density at radius 3 is 2.57 bits per heavy atom. The summed E-state index contributed by atoms with van der Waals surface area (Å²) >= 11 is 6.58. The number of aliphatic carboxylic acids is 1. The normalized spacial score (nSPS) is 16.4. The highest BCUT2D eigenvalue weighted by Gasteiger charge is 2.33. The van der Waals surface area contributed by atoms with Gasteiger partial charge in [0.25, 0.3) is 5.91 Å². The third-order valence-electron chi connectivity index (χ3n) is 3.95. The molecule has 28 heavy (non-hydrogen) atoms. The second-order valence-electron chi connectivity index (χ2n) is 5.86. The third kappa shape index (κ3) is 4.18. The van der Waals surface area contributed by atoms with E-state index in [0.717, 1.165) is 5.69 Å². The van der Waals surface area contributed by atoms with E-state index < -0.39 is 12.1 Å². The van der Waals surface area contributed by atoms with Crippen molar-refractivity contribution in [2.24, 2.45) is 0 Å². The van der Waals surface area contributed by atoms with Crippen molar-refractivity contribution in [3.05, 3.63) is 59.0 Å². The predicted molar refractivity (Wildman–Crippen MR) is 113 cm³/mol. The number of carbonyl (C=O) groups excluding carboxylic acids is 1. The molecule has 1 heterocycles. The highest BCUT2D eigenvalue weighted by atomic mass is 32.2. The number of rotatable bonds is 6. The molecule has 0 spiro atoms. The molecule has 1 saturated heterocycles. The van der Waals surface area contributed by atoms with Gasteiger partial charge in [-0.3, -0.25) is 9.69 Å². The number of para-hydroxylation sites is 1. The molecule has 1 amide bonds. The Kier molecular flexibility index (Phi) is 6.01. The van der Waals surface area contributed by atoms with Crippen LogP contribution in [0, 0.1) is 0 Å². The monoisotopic (exact) mass is 415 g/mol. The fraction of sp³-hybridized carbons (Fsp3) is 0.150. The maximum absolute atomic E-state index is 12.8. The van der Waals surface area contributed by atoms with Crippen LogP contribution < -0.4 is 14.4 Å². The number of benzene rings is 2. The van der Waals surface area contributed by atoms with Crippen LogP contribution in [0.2, 0.25) is 0 Å². The number of nitrogens with zero attached hydrogens (tertiary/aromatic N) is 1. The topological polar surface area (TPSA) is 76.1 Å². The van der Waals surface area contributed by atoms with Gasteiger partial charge in [-0.2, -0.15) is 0 Å². The number of carbonyl (C=O) groups is 2. The summed E-state index contributed by atoms with van der Waals surface area (Å²) in [5.74, 6) is -0.581. The third-order valence-corrected chi connectivity index (χ3v) is 5.25. The number of carboxylic acids is 1. The minimum Gasteiger partial charge on any atom is -0.493 e. The summed E-state index contributed by atoms with van der Waals surface area (Å²) in [5, 5.41) is 8.99. The first-order valence-corrected chi connectivity index (χ1v) is 9.53. The zero-order valence-corrected chi connectivity index (χ0v) is 16.8. The lowest BCUT2D eigenvalue weighted by atomic mass is 10.1. The van der Waals surface area contributed by atoms with Crippen molar-refractivity contribution in [1.82, 2.24) is 0 Å². The van der Waals surface area contributed by atoms with E-state index in [0.29, 0.717) is 26.3 Å². The summed E-state index contributed by atoms with van der Waals surface area (Å²) in [4.78, 5) is 25.8. The molecule has 144 valence electrons. The molecule has 1 fully saturated rings. The van der Waals surface area contributed by atoms with Crippen LogP contribution in [0.25, 0.3) is 6.08 Å². The van der Waals surface area contributed by atoms with Gasteiger partial charge in [0.15, 0.2) is 21.9 Å². The van der Waals surface area contributed by atoms with E-state index in [-0.39, 0.29) is 5.91 Å². The van der Waals surface area contributed by atoms with Crippen LogP contribution in [0.15, 0.2) is 53.4 Å². The number of ether oxygens (including phenoxy) is 2. The number of anilines is 1. The molecule has 0 aliphatic carbocycles. The maximum atomic E-state index is 12.8. The Hall–Kier alpha value is -2.84. The van der Waals surface area contributed by atoms with Crippen molar-refractivity contribution in [3.8, 4) is 11.5 Å². The van der Waals surface area contributed by atoms with Crippen LogP contribution in [-0.2, 0) is 9.59 Å². The molecule has 8 heteroatoms. The summed E-state index contributed by atoms with van der Waals surface area (Å²) in [6.07, 6.45) is 0.705. The number of thioether (sulfide) groups is 1. The average Bonchev–Trinajstić information content (AvgIpc) is 2.96. The van der Waals surface area contributed by atoms with Gasteiger partial charge in [0.1, 0.15) is 0 Å². The maximum Gasteiger partial charge on any atom is 0.344 e. The lowest BCUT2D eigenvalue weighted by Gasteiger charge is -2.14. The molecule has 2 aromatic carbocycles. The largest absolute Gasteiger partial charge is 0.493 e. The van der Waals surface area contributed by atoms with Crippen molar-refractivity contribution in [2.45, 2.75) is 13.0 Å². The van der Waals surface area contributed by atoms with E-state index in [4.69, 9.17) is 26.8 Å². The Bertz CT molecular complexity index is 958. The zero-order chi connectivity index (χ0) is 20.3. The van der Waals surface area contributed by atoms with E-state index in [1.807, 2.05) is 30.3 Å². The first-order valence-electron chi connectivity index (χ1n) is 8.31. The molecule has 0 radical (unpaired) electrons. The number of amides is 1. The summed E-state index contributed by atoms with van der Waals surface area (Å²) in [6.45, 7) is 1.44. The molecule has 1 aliphatic heterocycles. The molecular formula is C20H17NO5S2. The van der Waals surface area contributed by atoms with Crippen molar-refractivity contribution in [1.29, 1.82) is 0 Å². The van der Waals surface area contributed by atoms with Crippen molar-refractivity contribution in [2.75, 3.05) is 12.0 Å². The van der Waals surface area contributed by atoms with E-state index in [2.05, 4.69) is 0 Å². The molecule has 1 unspecified atom stereocenters. The molecule has 3 rings (SSSR count). The number of methoxy groups -OCH3 is 1. The van der Waals surface area contributed by atoms with E-state index in [9.17, 15) is 9.59 Å². The van der Waals surface area contributed by atoms with E-state index in [1.165, 1.54) is 30.7 Å². The van der Waals surface area contributed by atoms with Gasteiger partial charge in [-0.25, -0.2) is 4.79 Å². The Morgan fingerprint density at radius 1 is 1.21 bits per heavy atom. The molecular weight excluding hydrogens is 398 g/mol. The summed E-state index contributed by atoms with van der Waals surface area (Å²) in [6, 6.07) is 14.2. The summed E-state index contributed by atoms with van der Waals surface area (Å²) in [7, 11) is 1.46. The van der Waals surface area contributed by atoms with Gasteiger partial charge >= 0.3 is 5.97 Å². The first kappa shape index (κ1) is 19.9. The fourth-order valence-corrected chi connectivity index (χ4v) is 3.83. The minimum atomic E-state index is -1.07. The highest BCUT2D eigenvalue weighted by Crippen LogP contribution is 2.37. The van der Waals surface area contributed by atoms with Crippen LogP contribution in [0.5, 0.6) is 11.5 Å². The smallest absolute Gasteiger partial charge is 0.344 e. The van der Waals surface area contributed by atoms with Gasteiger partial charge < -0.3 is 14.6 Å². The van der Waals surface area contributed by atoms with E-state index >= 15 is 0 Å². The lowest BCUT2D eigenvalue weighted by molar-refractivity contribution is -0.144. The molecule has 1 N–H and O–H groups in total. The first-order chi connectivity index (χ1) is 13.4. The van der Waals surface area contributed by atoms with Gasteiger partial charge in [0, 0.05) is 0 Å². The van der Waals surface area contributed by atoms with Crippen LogP contribution >= 0.6 is 24.0 Å². The standard InChI is InChI=1S/C20H17NO5S2/c1-12(19(23)24)26-15-9-8-13(10-16(15)25-2)11-17-18(22)21(20(27)28-17)14-6-4-3-5-7-14/h3-12H,1-2H3,(H,23,24)/b17-11-. The molecule has 6 nitrogen and oxygen atoms in total. The van der Waals surface area contributed by atoms with Gasteiger partial charge in [-0.15, -0.1) is 0 Å². The van der Waals surface area contributed by atoms with Crippen LogP contribution in [0.4, 0.5) is 5.69 Å². The average molecular weight is 415 g/mol. The zero-order valence-electron chi connectivity index (χ0n) is 15.1.